The van der Waals surface area contributed by atoms with E-state index in [4.69, 9.17) is 10.5 Å². The Morgan fingerprint density at radius 2 is 1.87 bits per heavy atom. The molecule has 0 heterocycles. The van der Waals surface area contributed by atoms with Gasteiger partial charge in [0.15, 0.2) is 0 Å². The fourth-order valence-corrected chi connectivity index (χ4v) is 0.971. The number of hydrogen-bond donors (Lipinski definition) is 2. The van der Waals surface area contributed by atoms with Crippen LogP contribution in [0.1, 0.15) is 41.0 Å². The molecule has 4 nitrogen and oxygen atoms in total. The third-order valence-electron chi connectivity index (χ3n) is 2.10. The molecule has 0 aromatic carbocycles. The molecule has 1 atom stereocenters. The average molecular weight is 216 g/mol. The fraction of sp³-hybridized carbons (Fsp3) is 0.909. The van der Waals surface area contributed by atoms with E-state index in [0.717, 1.165) is 13.0 Å². The molecule has 4 heteroatoms. The second kappa shape index (κ2) is 5.47. The highest BCUT2D eigenvalue weighted by Gasteiger charge is 2.32. The maximum absolute atomic E-state index is 11.3. The van der Waals surface area contributed by atoms with Gasteiger partial charge in [-0.25, -0.2) is 0 Å². The van der Waals surface area contributed by atoms with Crippen LogP contribution in [0.25, 0.3) is 0 Å². The Kier molecular flexibility index (Phi) is 5.24. The summed E-state index contributed by atoms with van der Waals surface area (Å²) in [5, 5.41) is 3.12. The summed E-state index contributed by atoms with van der Waals surface area (Å²) >= 11 is 0. The Hall–Kier alpha value is -0.610. The maximum atomic E-state index is 11.3. The molecule has 0 radical (unpaired) electrons. The minimum atomic E-state index is -0.775. The monoisotopic (exact) mass is 216 g/mol. The average Bonchev–Trinajstić information content (AvgIpc) is 2.10. The number of carbonyl (C=O) groups is 1. The topological polar surface area (TPSA) is 64.3 Å². The predicted octanol–water partition coefficient (Wildman–Crippen LogP) is 1.05. The number of hydrogen-bond acceptors (Lipinski definition) is 3. The standard InChI is InChI=1S/C11H24N2O2/c1-6-7-13-11(5,9(12)14)8-15-10(2,3)4/h13H,6-8H2,1-5H3,(H2,12,14). The van der Waals surface area contributed by atoms with Crippen molar-refractivity contribution < 1.29 is 9.53 Å². The van der Waals surface area contributed by atoms with E-state index in [1.165, 1.54) is 0 Å². The summed E-state index contributed by atoms with van der Waals surface area (Å²) in [6, 6.07) is 0. The van der Waals surface area contributed by atoms with Crippen molar-refractivity contribution in [1.29, 1.82) is 0 Å². The lowest BCUT2D eigenvalue weighted by Gasteiger charge is -2.31. The highest BCUT2D eigenvalue weighted by molar-refractivity contribution is 5.84. The molecule has 0 saturated carbocycles. The molecule has 1 unspecified atom stereocenters. The van der Waals surface area contributed by atoms with Crippen LogP contribution in [0.3, 0.4) is 0 Å². The Morgan fingerprint density at radius 1 is 1.33 bits per heavy atom. The summed E-state index contributed by atoms with van der Waals surface area (Å²) in [4.78, 5) is 11.3. The van der Waals surface area contributed by atoms with Crippen molar-refractivity contribution in [3.05, 3.63) is 0 Å². The minimum Gasteiger partial charge on any atom is -0.373 e. The molecule has 0 fully saturated rings. The van der Waals surface area contributed by atoms with Crippen molar-refractivity contribution >= 4 is 5.91 Å². The zero-order valence-electron chi connectivity index (χ0n) is 10.5. The lowest BCUT2D eigenvalue weighted by atomic mass is 10.0. The van der Waals surface area contributed by atoms with E-state index in [0.29, 0.717) is 6.61 Å². The Labute approximate surface area is 92.6 Å². The summed E-state index contributed by atoms with van der Waals surface area (Å²) in [5.41, 5.74) is 4.33. The first-order valence-electron chi connectivity index (χ1n) is 5.40. The van der Waals surface area contributed by atoms with Gasteiger partial charge in [-0.15, -0.1) is 0 Å². The van der Waals surface area contributed by atoms with Gasteiger partial charge in [-0.2, -0.15) is 0 Å². The van der Waals surface area contributed by atoms with Crippen LogP contribution in [0.15, 0.2) is 0 Å². The van der Waals surface area contributed by atoms with Gasteiger partial charge in [0.05, 0.1) is 12.2 Å². The molecular formula is C11H24N2O2. The Morgan fingerprint density at radius 3 is 2.20 bits per heavy atom. The number of amides is 1. The minimum absolute atomic E-state index is 0.259. The third-order valence-corrected chi connectivity index (χ3v) is 2.10. The van der Waals surface area contributed by atoms with Crippen LogP contribution in [-0.2, 0) is 9.53 Å². The van der Waals surface area contributed by atoms with E-state index in [1.54, 1.807) is 6.92 Å². The SMILES string of the molecule is CCCNC(C)(COC(C)(C)C)C(N)=O. The zero-order chi connectivity index (χ0) is 12.1. The Bertz CT molecular complexity index is 211. The molecule has 0 spiro atoms. The second-order valence-electron chi connectivity index (χ2n) is 5.02. The van der Waals surface area contributed by atoms with Gasteiger partial charge in [-0.05, 0) is 40.7 Å². The van der Waals surface area contributed by atoms with Crippen molar-refractivity contribution in [3.8, 4) is 0 Å². The first-order chi connectivity index (χ1) is 6.71. The van der Waals surface area contributed by atoms with Crippen molar-refractivity contribution in [3.63, 3.8) is 0 Å². The first kappa shape index (κ1) is 14.4. The molecule has 0 rings (SSSR count). The summed E-state index contributed by atoms with van der Waals surface area (Å²) in [5.74, 6) is -0.375. The van der Waals surface area contributed by atoms with Crippen molar-refractivity contribution in [1.82, 2.24) is 5.32 Å². The summed E-state index contributed by atoms with van der Waals surface area (Å²) < 4.78 is 5.59. The fourth-order valence-electron chi connectivity index (χ4n) is 0.971. The van der Waals surface area contributed by atoms with Crippen LogP contribution in [0.5, 0.6) is 0 Å². The van der Waals surface area contributed by atoms with Gasteiger partial charge in [-0.1, -0.05) is 6.92 Å². The Balaban J connectivity index is 4.32. The number of carbonyl (C=O) groups excluding carboxylic acids is 1. The van der Waals surface area contributed by atoms with E-state index >= 15 is 0 Å². The van der Waals surface area contributed by atoms with Crippen molar-refractivity contribution in [2.75, 3.05) is 13.2 Å². The molecule has 0 aliphatic heterocycles. The van der Waals surface area contributed by atoms with Gasteiger partial charge in [0.1, 0.15) is 5.54 Å². The number of primary amides is 1. The lowest BCUT2D eigenvalue weighted by Crippen LogP contribution is -2.57. The highest BCUT2D eigenvalue weighted by Crippen LogP contribution is 2.12. The molecule has 0 aliphatic carbocycles. The lowest BCUT2D eigenvalue weighted by molar-refractivity contribution is -0.129. The molecule has 15 heavy (non-hydrogen) atoms. The molecule has 1 amide bonds. The molecule has 0 aromatic heterocycles. The van der Waals surface area contributed by atoms with Gasteiger partial charge < -0.3 is 15.8 Å². The molecule has 0 aromatic rings. The van der Waals surface area contributed by atoms with Crippen LogP contribution in [-0.4, -0.2) is 30.2 Å². The summed E-state index contributed by atoms with van der Waals surface area (Å²) in [6.07, 6.45) is 0.957. The van der Waals surface area contributed by atoms with Gasteiger partial charge in [0.25, 0.3) is 0 Å². The third kappa shape index (κ3) is 5.74. The zero-order valence-corrected chi connectivity index (χ0v) is 10.5. The van der Waals surface area contributed by atoms with Crippen LogP contribution >= 0.6 is 0 Å². The van der Waals surface area contributed by atoms with Crippen molar-refractivity contribution in [2.24, 2.45) is 5.73 Å². The quantitative estimate of drug-likeness (QED) is 0.697. The second-order valence-corrected chi connectivity index (χ2v) is 5.02. The largest absolute Gasteiger partial charge is 0.373 e. The van der Waals surface area contributed by atoms with E-state index in [9.17, 15) is 4.79 Å². The van der Waals surface area contributed by atoms with Gasteiger partial charge in [0.2, 0.25) is 5.91 Å². The van der Waals surface area contributed by atoms with Gasteiger partial charge in [0, 0.05) is 0 Å². The maximum Gasteiger partial charge on any atom is 0.239 e. The molecule has 3 N–H and O–H groups in total. The first-order valence-corrected chi connectivity index (χ1v) is 5.40. The number of rotatable bonds is 6. The molecular weight excluding hydrogens is 192 g/mol. The normalized spacial score (nSPS) is 16.1. The predicted molar refractivity (Wildman–Crippen MR) is 61.6 cm³/mol. The van der Waals surface area contributed by atoms with E-state index in [-0.39, 0.29) is 11.5 Å². The van der Waals surface area contributed by atoms with E-state index in [1.807, 2.05) is 27.7 Å². The summed E-state index contributed by atoms with van der Waals surface area (Å²) in [7, 11) is 0. The van der Waals surface area contributed by atoms with Gasteiger partial charge in [-0.3, -0.25) is 4.79 Å². The highest BCUT2D eigenvalue weighted by atomic mass is 16.5. The smallest absolute Gasteiger partial charge is 0.239 e. The van der Waals surface area contributed by atoms with E-state index in [2.05, 4.69) is 5.32 Å². The van der Waals surface area contributed by atoms with E-state index < -0.39 is 5.54 Å². The molecule has 0 saturated heterocycles. The van der Waals surface area contributed by atoms with Crippen molar-refractivity contribution in [2.45, 2.75) is 52.2 Å². The number of nitrogens with one attached hydrogen (secondary N) is 1. The number of nitrogens with two attached hydrogens (primary N) is 1. The molecule has 90 valence electrons. The van der Waals surface area contributed by atoms with Crippen LogP contribution in [0.2, 0.25) is 0 Å². The molecule has 0 bridgehead atoms. The number of ether oxygens (including phenoxy) is 1. The van der Waals surface area contributed by atoms with Crippen LogP contribution in [0, 0.1) is 0 Å². The molecule has 0 aliphatic rings. The van der Waals surface area contributed by atoms with Crippen LogP contribution < -0.4 is 11.1 Å². The van der Waals surface area contributed by atoms with Gasteiger partial charge >= 0.3 is 0 Å². The summed E-state index contributed by atoms with van der Waals surface area (Å²) in [6.45, 7) is 10.7. The van der Waals surface area contributed by atoms with Crippen LogP contribution in [0.4, 0.5) is 0 Å².